The summed E-state index contributed by atoms with van der Waals surface area (Å²) in [6.07, 6.45) is 1.44. The molecule has 1 aliphatic heterocycles. The third-order valence-electron chi connectivity index (χ3n) is 4.10. The molecule has 23 heavy (non-hydrogen) atoms. The second-order valence-corrected chi connectivity index (χ2v) is 5.82. The number of nitrogens with one attached hydrogen (secondary N) is 1. The number of hydrogen-bond donors (Lipinski definition) is 2. The minimum atomic E-state index is -0.471. The van der Waals surface area contributed by atoms with Gasteiger partial charge in [0.05, 0.1) is 19.3 Å². The molecule has 2 rings (SSSR count). The maximum atomic E-state index is 10.5. The van der Waals surface area contributed by atoms with E-state index in [2.05, 4.69) is 10.2 Å². The summed E-state index contributed by atoms with van der Waals surface area (Å²) in [5.74, 6) is 1.45. The summed E-state index contributed by atoms with van der Waals surface area (Å²) in [6, 6.07) is 5.73. The molecule has 1 saturated heterocycles. The predicted octanol–water partition coefficient (Wildman–Crippen LogP) is 2.20. The van der Waals surface area contributed by atoms with Crippen LogP contribution in [0.2, 0.25) is 0 Å². The molecule has 5 heteroatoms. The highest BCUT2D eigenvalue weighted by molar-refractivity contribution is 5.43. The Morgan fingerprint density at radius 3 is 2.70 bits per heavy atom. The molecule has 2 N–H and O–H groups in total. The highest BCUT2D eigenvalue weighted by Crippen LogP contribution is 2.31. The molecule has 0 spiro atoms. The quantitative estimate of drug-likeness (QED) is 0.768. The summed E-state index contributed by atoms with van der Waals surface area (Å²) in [5, 5.41) is 13.9. The molecule has 1 unspecified atom stereocenters. The van der Waals surface area contributed by atoms with Crippen LogP contribution in [-0.4, -0.2) is 55.9 Å². The van der Waals surface area contributed by atoms with Crippen LogP contribution < -0.4 is 14.8 Å². The third-order valence-corrected chi connectivity index (χ3v) is 4.10. The highest BCUT2D eigenvalue weighted by atomic mass is 16.5. The van der Waals surface area contributed by atoms with E-state index in [0.717, 1.165) is 50.5 Å². The summed E-state index contributed by atoms with van der Waals surface area (Å²) < 4.78 is 11.2. The molecule has 5 nitrogen and oxygen atoms in total. The average molecular weight is 322 g/mol. The van der Waals surface area contributed by atoms with Gasteiger partial charge in [-0.1, -0.05) is 6.07 Å². The number of ether oxygens (including phenoxy) is 2. The maximum absolute atomic E-state index is 10.5. The minimum absolute atomic E-state index is 0.471. The van der Waals surface area contributed by atoms with E-state index in [-0.39, 0.29) is 0 Å². The van der Waals surface area contributed by atoms with Gasteiger partial charge in [0.25, 0.3) is 0 Å². The van der Waals surface area contributed by atoms with E-state index in [1.807, 2.05) is 32.0 Å². The fourth-order valence-electron chi connectivity index (χ4n) is 2.87. The molecule has 0 aliphatic carbocycles. The van der Waals surface area contributed by atoms with Gasteiger partial charge in [0, 0.05) is 19.6 Å². The second kappa shape index (κ2) is 9.75. The highest BCUT2D eigenvalue weighted by Gasteiger charge is 2.15. The molecule has 0 radical (unpaired) electrons. The number of aliphatic hydroxyl groups excluding tert-OH is 1. The number of nitrogens with zero attached hydrogens (tertiary/aromatic N) is 1. The molecule has 1 aliphatic rings. The standard InChI is InChI=1S/C18H30N2O3/c1-3-22-17-7-6-15(14-18(17)23-4-2)16(21)8-12-20-11-5-9-19-10-13-20/h6-7,14,16,19,21H,3-5,8-13H2,1-2H3. The largest absolute Gasteiger partial charge is 0.490 e. The summed E-state index contributed by atoms with van der Waals surface area (Å²) in [6.45, 7) is 10.3. The lowest BCUT2D eigenvalue weighted by molar-refractivity contribution is 0.143. The van der Waals surface area contributed by atoms with E-state index in [9.17, 15) is 5.11 Å². The van der Waals surface area contributed by atoms with Crippen molar-refractivity contribution < 1.29 is 14.6 Å². The van der Waals surface area contributed by atoms with Gasteiger partial charge < -0.3 is 24.8 Å². The van der Waals surface area contributed by atoms with Crippen LogP contribution in [0.15, 0.2) is 18.2 Å². The molecule has 0 saturated carbocycles. The van der Waals surface area contributed by atoms with Gasteiger partial charge in [0.1, 0.15) is 0 Å². The van der Waals surface area contributed by atoms with Crippen molar-refractivity contribution in [2.24, 2.45) is 0 Å². The maximum Gasteiger partial charge on any atom is 0.161 e. The molecular weight excluding hydrogens is 292 g/mol. The molecule has 0 bridgehead atoms. The van der Waals surface area contributed by atoms with Crippen molar-refractivity contribution in [1.29, 1.82) is 0 Å². The lowest BCUT2D eigenvalue weighted by Crippen LogP contribution is -2.29. The van der Waals surface area contributed by atoms with Crippen molar-refractivity contribution in [2.75, 3.05) is 45.9 Å². The first-order valence-corrected chi connectivity index (χ1v) is 8.75. The topological polar surface area (TPSA) is 54.0 Å². The Labute approximate surface area is 139 Å². The predicted molar refractivity (Wildman–Crippen MR) is 92.3 cm³/mol. The Bertz CT molecular complexity index is 460. The van der Waals surface area contributed by atoms with Crippen molar-refractivity contribution in [1.82, 2.24) is 10.2 Å². The Hall–Kier alpha value is -1.30. The Balaban J connectivity index is 1.94. The summed E-state index contributed by atoms with van der Waals surface area (Å²) in [4.78, 5) is 2.42. The molecule has 1 fully saturated rings. The normalized spacial score (nSPS) is 17.5. The zero-order valence-corrected chi connectivity index (χ0v) is 14.4. The van der Waals surface area contributed by atoms with Gasteiger partial charge >= 0.3 is 0 Å². The number of rotatable bonds is 8. The van der Waals surface area contributed by atoms with Gasteiger partial charge in [0.2, 0.25) is 0 Å². The lowest BCUT2D eigenvalue weighted by Gasteiger charge is -2.22. The Kier molecular flexibility index (Phi) is 7.65. The number of hydrogen-bond acceptors (Lipinski definition) is 5. The third kappa shape index (κ3) is 5.68. The van der Waals surface area contributed by atoms with E-state index in [1.165, 1.54) is 6.42 Å². The first-order chi connectivity index (χ1) is 11.2. The van der Waals surface area contributed by atoms with Crippen molar-refractivity contribution in [3.63, 3.8) is 0 Å². The molecule has 1 heterocycles. The minimum Gasteiger partial charge on any atom is -0.490 e. The van der Waals surface area contributed by atoms with Gasteiger partial charge in [0.15, 0.2) is 11.5 Å². The molecule has 0 amide bonds. The summed E-state index contributed by atoms with van der Waals surface area (Å²) in [7, 11) is 0. The Morgan fingerprint density at radius 2 is 1.91 bits per heavy atom. The van der Waals surface area contributed by atoms with Crippen LogP contribution in [0.25, 0.3) is 0 Å². The van der Waals surface area contributed by atoms with Crippen LogP contribution in [-0.2, 0) is 0 Å². The smallest absolute Gasteiger partial charge is 0.161 e. The SMILES string of the molecule is CCOc1ccc(C(O)CCN2CCCNCC2)cc1OCC. The van der Waals surface area contributed by atoms with Crippen molar-refractivity contribution in [3.05, 3.63) is 23.8 Å². The fraction of sp³-hybridized carbons (Fsp3) is 0.667. The molecule has 1 atom stereocenters. The zero-order valence-electron chi connectivity index (χ0n) is 14.4. The first kappa shape index (κ1) is 18.0. The molecular formula is C18H30N2O3. The first-order valence-electron chi connectivity index (χ1n) is 8.75. The molecule has 1 aromatic carbocycles. The van der Waals surface area contributed by atoms with Crippen LogP contribution in [0, 0.1) is 0 Å². The lowest BCUT2D eigenvalue weighted by atomic mass is 10.1. The van der Waals surface area contributed by atoms with Gasteiger partial charge in [-0.05, 0) is 57.5 Å². The average Bonchev–Trinajstić information content (AvgIpc) is 2.83. The van der Waals surface area contributed by atoms with Crippen molar-refractivity contribution >= 4 is 0 Å². The second-order valence-electron chi connectivity index (χ2n) is 5.82. The van der Waals surface area contributed by atoms with Crippen LogP contribution in [0.5, 0.6) is 11.5 Å². The van der Waals surface area contributed by atoms with Gasteiger partial charge in [-0.15, -0.1) is 0 Å². The van der Waals surface area contributed by atoms with E-state index in [0.29, 0.717) is 19.0 Å². The van der Waals surface area contributed by atoms with Crippen molar-refractivity contribution in [2.45, 2.75) is 32.8 Å². The summed E-state index contributed by atoms with van der Waals surface area (Å²) >= 11 is 0. The van der Waals surface area contributed by atoms with Gasteiger partial charge in [-0.2, -0.15) is 0 Å². The van der Waals surface area contributed by atoms with E-state index in [1.54, 1.807) is 0 Å². The van der Waals surface area contributed by atoms with Gasteiger partial charge in [-0.25, -0.2) is 0 Å². The van der Waals surface area contributed by atoms with E-state index in [4.69, 9.17) is 9.47 Å². The molecule has 0 aromatic heterocycles. The van der Waals surface area contributed by atoms with Crippen LogP contribution in [0.4, 0.5) is 0 Å². The molecule has 130 valence electrons. The van der Waals surface area contributed by atoms with Crippen LogP contribution in [0.1, 0.15) is 38.4 Å². The molecule has 1 aromatic rings. The summed E-state index contributed by atoms with van der Waals surface area (Å²) in [5.41, 5.74) is 0.893. The van der Waals surface area contributed by atoms with E-state index < -0.39 is 6.10 Å². The monoisotopic (exact) mass is 322 g/mol. The van der Waals surface area contributed by atoms with Crippen molar-refractivity contribution in [3.8, 4) is 11.5 Å². The van der Waals surface area contributed by atoms with Crippen LogP contribution in [0.3, 0.4) is 0 Å². The fourth-order valence-corrected chi connectivity index (χ4v) is 2.87. The number of aliphatic hydroxyl groups is 1. The van der Waals surface area contributed by atoms with Gasteiger partial charge in [-0.3, -0.25) is 0 Å². The Morgan fingerprint density at radius 1 is 1.13 bits per heavy atom. The zero-order chi connectivity index (χ0) is 16.5. The van der Waals surface area contributed by atoms with E-state index >= 15 is 0 Å². The number of benzene rings is 1. The van der Waals surface area contributed by atoms with Crippen LogP contribution >= 0.6 is 0 Å².